The standard InChI is InChI=1S/C9H9ClN4O2/c10-9-11-5-7(14(15)16)8(13-9)12-6-3-1-2-4-6/h1-2,5-6H,3-4H2,(H,11,12,13). The van der Waals surface area contributed by atoms with Gasteiger partial charge in [0, 0.05) is 6.04 Å². The molecule has 1 aromatic heterocycles. The van der Waals surface area contributed by atoms with E-state index in [1.54, 1.807) is 0 Å². The first kappa shape index (κ1) is 10.8. The highest BCUT2D eigenvalue weighted by molar-refractivity contribution is 6.28. The van der Waals surface area contributed by atoms with Gasteiger partial charge in [-0.1, -0.05) is 12.2 Å². The van der Waals surface area contributed by atoms with E-state index in [1.165, 1.54) is 0 Å². The van der Waals surface area contributed by atoms with Gasteiger partial charge in [-0.3, -0.25) is 10.1 Å². The van der Waals surface area contributed by atoms with Crippen LogP contribution in [0, 0.1) is 10.1 Å². The lowest BCUT2D eigenvalue weighted by atomic mass is 10.2. The maximum absolute atomic E-state index is 10.7. The Bertz CT molecular complexity index is 441. The Labute approximate surface area is 96.5 Å². The molecule has 0 radical (unpaired) electrons. The molecule has 0 spiro atoms. The van der Waals surface area contributed by atoms with Crippen molar-refractivity contribution in [2.45, 2.75) is 18.9 Å². The molecule has 0 amide bonds. The zero-order valence-corrected chi connectivity index (χ0v) is 9.02. The molecule has 0 aromatic carbocycles. The van der Waals surface area contributed by atoms with E-state index in [9.17, 15) is 10.1 Å². The number of nitrogens with one attached hydrogen (secondary N) is 1. The molecule has 1 aliphatic rings. The molecule has 84 valence electrons. The van der Waals surface area contributed by atoms with Crippen molar-refractivity contribution in [3.05, 3.63) is 33.7 Å². The van der Waals surface area contributed by atoms with Crippen molar-refractivity contribution in [3.8, 4) is 0 Å². The Morgan fingerprint density at radius 3 is 2.81 bits per heavy atom. The van der Waals surface area contributed by atoms with E-state index in [-0.39, 0.29) is 22.8 Å². The summed E-state index contributed by atoms with van der Waals surface area (Å²) in [6.07, 6.45) is 6.82. The maximum atomic E-state index is 10.7. The molecular weight excluding hydrogens is 232 g/mol. The van der Waals surface area contributed by atoms with E-state index in [2.05, 4.69) is 15.3 Å². The maximum Gasteiger partial charge on any atom is 0.329 e. The summed E-state index contributed by atoms with van der Waals surface area (Å²) < 4.78 is 0. The minimum absolute atomic E-state index is 0.000874. The van der Waals surface area contributed by atoms with Crippen molar-refractivity contribution in [3.63, 3.8) is 0 Å². The molecule has 2 rings (SSSR count). The highest BCUT2D eigenvalue weighted by Gasteiger charge is 2.20. The Balaban J connectivity index is 2.23. The Hall–Kier alpha value is -1.69. The number of anilines is 1. The van der Waals surface area contributed by atoms with Crippen LogP contribution in [0.25, 0.3) is 0 Å². The summed E-state index contributed by atoms with van der Waals surface area (Å²) in [5.74, 6) is 0.179. The van der Waals surface area contributed by atoms with Crippen LogP contribution in [0.3, 0.4) is 0 Å². The lowest BCUT2D eigenvalue weighted by Gasteiger charge is -2.12. The third-order valence-corrected chi connectivity index (χ3v) is 2.47. The quantitative estimate of drug-likeness (QED) is 0.379. The SMILES string of the molecule is O=[N+]([O-])c1cnc(Cl)nc1NC1CC=CC1. The summed E-state index contributed by atoms with van der Waals surface area (Å²) in [6, 6.07) is 0.143. The van der Waals surface area contributed by atoms with Crippen LogP contribution >= 0.6 is 11.6 Å². The summed E-state index contributed by atoms with van der Waals surface area (Å²) in [5.41, 5.74) is -0.156. The summed E-state index contributed by atoms with van der Waals surface area (Å²) in [5, 5.41) is 13.7. The molecule has 0 saturated carbocycles. The Morgan fingerprint density at radius 2 is 2.19 bits per heavy atom. The number of rotatable bonds is 3. The van der Waals surface area contributed by atoms with E-state index in [0.29, 0.717) is 0 Å². The molecule has 1 heterocycles. The number of halogens is 1. The van der Waals surface area contributed by atoms with Crippen LogP contribution in [0.1, 0.15) is 12.8 Å². The third-order valence-electron chi connectivity index (χ3n) is 2.29. The molecular formula is C9H9ClN4O2. The molecule has 16 heavy (non-hydrogen) atoms. The van der Waals surface area contributed by atoms with Gasteiger partial charge >= 0.3 is 5.69 Å². The monoisotopic (exact) mass is 240 g/mol. The molecule has 1 aromatic rings. The van der Waals surface area contributed by atoms with Gasteiger partial charge in [0.25, 0.3) is 0 Å². The smallest absolute Gasteiger partial charge is 0.329 e. The number of nitrogens with zero attached hydrogens (tertiary/aromatic N) is 3. The molecule has 0 unspecified atom stereocenters. The minimum Gasteiger partial charge on any atom is -0.361 e. The van der Waals surface area contributed by atoms with Gasteiger partial charge in [-0.25, -0.2) is 4.98 Å². The summed E-state index contributed by atoms with van der Waals surface area (Å²) in [6.45, 7) is 0. The van der Waals surface area contributed by atoms with E-state index in [1.807, 2.05) is 12.2 Å². The fraction of sp³-hybridized carbons (Fsp3) is 0.333. The van der Waals surface area contributed by atoms with E-state index in [4.69, 9.17) is 11.6 Å². The van der Waals surface area contributed by atoms with E-state index >= 15 is 0 Å². The number of nitro groups is 1. The van der Waals surface area contributed by atoms with Crippen LogP contribution in [0.5, 0.6) is 0 Å². The fourth-order valence-corrected chi connectivity index (χ4v) is 1.66. The number of hydrogen-bond donors (Lipinski definition) is 1. The zero-order valence-electron chi connectivity index (χ0n) is 8.26. The van der Waals surface area contributed by atoms with Crippen LogP contribution in [0.2, 0.25) is 5.28 Å². The van der Waals surface area contributed by atoms with Crippen molar-refractivity contribution in [1.29, 1.82) is 0 Å². The van der Waals surface area contributed by atoms with Crippen LogP contribution in [-0.4, -0.2) is 20.9 Å². The van der Waals surface area contributed by atoms with E-state index in [0.717, 1.165) is 19.0 Å². The second-order valence-corrected chi connectivity index (χ2v) is 3.75. The first-order valence-electron chi connectivity index (χ1n) is 4.75. The van der Waals surface area contributed by atoms with Gasteiger partial charge in [-0.15, -0.1) is 0 Å². The Kier molecular flexibility index (Phi) is 3.00. The molecule has 0 aliphatic heterocycles. The zero-order chi connectivity index (χ0) is 11.5. The minimum atomic E-state index is -0.527. The van der Waals surface area contributed by atoms with Crippen molar-refractivity contribution in [2.24, 2.45) is 0 Å². The summed E-state index contributed by atoms with van der Waals surface area (Å²) in [4.78, 5) is 17.6. The average Bonchev–Trinajstić information content (AvgIpc) is 2.70. The molecule has 0 saturated heterocycles. The van der Waals surface area contributed by atoms with Gasteiger partial charge in [0.2, 0.25) is 11.1 Å². The number of hydrogen-bond acceptors (Lipinski definition) is 5. The second-order valence-electron chi connectivity index (χ2n) is 3.41. The molecule has 0 fully saturated rings. The molecule has 0 bridgehead atoms. The van der Waals surface area contributed by atoms with E-state index < -0.39 is 4.92 Å². The average molecular weight is 241 g/mol. The van der Waals surface area contributed by atoms with Gasteiger partial charge in [0.05, 0.1) is 4.92 Å². The number of aromatic nitrogens is 2. The molecule has 6 nitrogen and oxygen atoms in total. The van der Waals surface area contributed by atoms with Crippen molar-refractivity contribution >= 4 is 23.1 Å². The fourth-order valence-electron chi connectivity index (χ4n) is 1.52. The first-order chi connectivity index (χ1) is 7.66. The lowest BCUT2D eigenvalue weighted by molar-refractivity contribution is -0.384. The van der Waals surface area contributed by atoms with Gasteiger partial charge in [0.15, 0.2) is 0 Å². The van der Waals surface area contributed by atoms with Crippen LogP contribution in [0.15, 0.2) is 18.3 Å². The molecule has 1 N–H and O–H groups in total. The third kappa shape index (κ3) is 2.27. The topological polar surface area (TPSA) is 81.0 Å². The van der Waals surface area contributed by atoms with Crippen molar-refractivity contribution < 1.29 is 4.92 Å². The normalized spacial score (nSPS) is 15.3. The summed E-state index contributed by atoms with van der Waals surface area (Å²) >= 11 is 5.61. The second kappa shape index (κ2) is 4.44. The predicted octanol–water partition coefficient (Wildman–Crippen LogP) is 2.17. The molecule has 7 heteroatoms. The van der Waals surface area contributed by atoms with Crippen molar-refractivity contribution in [2.75, 3.05) is 5.32 Å². The largest absolute Gasteiger partial charge is 0.361 e. The van der Waals surface area contributed by atoms with Gasteiger partial charge < -0.3 is 5.32 Å². The van der Waals surface area contributed by atoms with Crippen molar-refractivity contribution in [1.82, 2.24) is 9.97 Å². The van der Waals surface area contributed by atoms with Gasteiger partial charge in [0.1, 0.15) is 6.20 Å². The van der Waals surface area contributed by atoms with Gasteiger partial charge in [-0.05, 0) is 24.4 Å². The molecule has 1 aliphatic carbocycles. The van der Waals surface area contributed by atoms with Crippen LogP contribution in [-0.2, 0) is 0 Å². The lowest BCUT2D eigenvalue weighted by Crippen LogP contribution is -2.17. The highest BCUT2D eigenvalue weighted by atomic mass is 35.5. The first-order valence-corrected chi connectivity index (χ1v) is 5.13. The highest BCUT2D eigenvalue weighted by Crippen LogP contribution is 2.25. The molecule has 0 atom stereocenters. The van der Waals surface area contributed by atoms with Crippen LogP contribution in [0.4, 0.5) is 11.5 Å². The predicted molar refractivity (Wildman–Crippen MR) is 59.5 cm³/mol. The Morgan fingerprint density at radius 1 is 1.50 bits per heavy atom. The van der Waals surface area contributed by atoms with Crippen LogP contribution < -0.4 is 5.32 Å². The summed E-state index contributed by atoms with van der Waals surface area (Å²) in [7, 11) is 0. The van der Waals surface area contributed by atoms with Gasteiger partial charge in [-0.2, -0.15) is 4.98 Å².